The van der Waals surface area contributed by atoms with E-state index in [1.54, 1.807) is 6.92 Å². The predicted octanol–water partition coefficient (Wildman–Crippen LogP) is 2.30. The fourth-order valence-electron chi connectivity index (χ4n) is 1.73. The largest absolute Gasteiger partial charge is 0.506 e. The third-order valence-corrected chi connectivity index (χ3v) is 3.45. The van der Waals surface area contributed by atoms with Crippen LogP contribution in [-0.4, -0.2) is 30.1 Å². The van der Waals surface area contributed by atoms with E-state index in [4.69, 9.17) is 22.1 Å². The van der Waals surface area contributed by atoms with Gasteiger partial charge in [-0.25, -0.2) is 0 Å². The quantitative estimate of drug-likeness (QED) is 0.618. The number of nitrogens with one attached hydrogen (secondary N) is 1. The zero-order chi connectivity index (χ0) is 16.0. The normalized spacial score (nSPS) is 11.3. The maximum Gasteiger partial charge on any atom is 0.308 e. The van der Waals surface area contributed by atoms with Gasteiger partial charge < -0.3 is 20.9 Å². The summed E-state index contributed by atoms with van der Waals surface area (Å²) in [6.45, 7) is 1.67. The first-order valence-corrected chi connectivity index (χ1v) is 7.39. The van der Waals surface area contributed by atoms with E-state index in [9.17, 15) is 14.7 Å². The number of carbonyl (C=O) groups is 2. The van der Waals surface area contributed by atoms with Gasteiger partial charge in [0.15, 0.2) is 0 Å². The molecule has 0 saturated heterocycles. The fourth-order valence-corrected chi connectivity index (χ4v) is 2.56. The molecule has 1 atom stereocenters. The van der Waals surface area contributed by atoms with Gasteiger partial charge in [0, 0.05) is 10.6 Å². The molecule has 0 bridgehead atoms. The molecule has 0 spiro atoms. The lowest BCUT2D eigenvalue weighted by Crippen LogP contribution is -2.35. The van der Waals surface area contributed by atoms with Crippen molar-refractivity contribution < 1.29 is 19.4 Å². The number of nitrogens with two attached hydrogens (primary N) is 1. The Hall–Kier alpha value is -1.02. The number of aromatic hydroxyl groups is 1. The zero-order valence-electron chi connectivity index (χ0n) is 11.8. The molecule has 124 valence electrons. The highest BCUT2D eigenvalue weighted by Crippen LogP contribution is 2.36. The smallest absolute Gasteiger partial charge is 0.308 e. The molecule has 1 rings (SSSR count). The molecule has 1 aromatic rings. The first-order chi connectivity index (χ1) is 9.88. The Labute approximate surface area is 147 Å². The number of hydrogen-bond donors (Lipinski definition) is 3. The SMILES string of the molecule is CCOC(=O)CC(NC(=O)CN)c1cc(Cl)cc(Br)c1O.Cl. The van der Waals surface area contributed by atoms with E-state index in [0.717, 1.165) is 0 Å². The van der Waals surface area contributed by atoms with Crippen LogP contribution in [0.25, 0.3) is 0 Å². The third kappa shape index (κ3) is 6.00. The van der Waals surface area contributed by atoms with Gasteiger partial charge in [0.05, 0.1) is 30.1 Å². The topological polar surface area (TPSA) is 102 Å². The summed E-state index contributed by atoms with van der Waals surface area (Å²) in [6.07, 6.45) is -0.139. The van der Waals surface area contributed by atoms with Crippen LogP contribution in [0.5, 0.6) is 5.75 Å². The van der Waals surface area contributed by atoms with E-state index >= 15 is 0 Å². The average Bonchev–Trinajstić information content (AvgIpc) is 2.42. The minimum absolute atomic E-state index is 0. The summed E-state index contributed by atoms with van der Waals surface area (Å²) >= 11 is 9.10. The fraction of sp³-hybridized carbons (Fsp3) is 0.385. The van der Waals surface area contributed by atoms with Crippen molar-refractivity contribution >= 4 is 51.8 Å². The Balaban J connectivity index is 0.00000441. The van der Waals surface area contributed by atoms with Gasteiger partial charge in [0.1, 0.15) is 5.75 Å². The molecule has 0 heterocycles. The Morgan fingerprint density at radius 1 is 1.50 bits per heavy atom. The van der Waals surface area contributed by atoms with E-state index in [-0.39, 0.29) is 37.7 Å². The molecular weight excluding hydrogens is 399 g/mol. The molecule has 1 amide bonds. The maximum atomic E-state index is 11.6. The van der Waals surface area contributed by atoms with Gasteiger partial charge in [-0.2, -0.15) is 0 Å². The Kier molecular flexibility index (Phi) is 9.43. The van der Waals surface area contributed by atoms with Crippen LogP contribution < -0.4 is 11.1 Å². The summed E-state index contributed by atoms with van der Waals surface area (Å²) in [4.78, 5) is 23.1. The van der Waals surface area contributed by atoms with Crippen LogP contribution in [0.2, 0.25) is 5.02 Å². The predicted molar refractivity (Wildman–Crippen MR) is 89.3 cm³/mol. The van der Waals surface area contributed by atoms with Gasteiger partial charge in [-0.15, -0.1) is 12.4 Å². The number of phenols is 1. The molecule has 0 aliphatic carbocycles. The number of halogens is 3. The maximum absolute atomic E-state index is 11.6. The molecule has 0 saturated carbocycles. The molecule has 1 unspecified atom stereocenters. The standard InChI is InChI=1S/C13H16BrClN2O4.ClH/c1-2-21-12(19)5-10(17-11(18)6-16)8-3-7(15)4-9(14)13(8)20;/h3-4,10,20H,2,5-6,16H2,1H3,(H,17,18);1H. The number of ether oxygens (including phenoxy) is 1. The molecule has 9 heteroatoms. The highest BCUT2D eigenvalue weighted by molar-refractivity contribution is 9.10. The van der Waals surface area contributed by atoms with Crippen molar-refractivity contribution in [1.82, 2.24) is 5.32 Å². The van der Waals surface area contributed by atoms with Crippen LogP contribution in [0.1, 0.15) is 24.9 Å². The lowest BCUT2D eigenvalue weighted by Gasteiger charge is -2.20. The molecule has 0 aliphatic rings. The van der Waals surface area contributed by atoms with Crippen LogP contribution in [-0.2, 0) is 14.3 Å². The van der Waals surface area contributed by atoms with Crippen molar-refractivity contribution in [2.75, 3.05) is 13.2 Å². The number of esters is 1. The van der Waals surface area contributed by atoms with Gasteiger partial charge >= 0.3 is 5.97 Å². The number of amides is 1. The number of hydrogen-bond acceptors (Lipinski definition) is 5. The lowest BCUT2D eigenvalue weighted by atomic mass is 10.0. The monoisotopic (exact) mass is 414 g/mol. The van der Waals surface area contributed by atoms with Crippen molar-refractivity contribution in [3.8, 4) is 5.75 Å². The molecule has 22 heavy (non-hydrogen) atoms. The number of benzene rings is 1. The number of rotatable bonds is 6. The second-order valence-electron chi connectivity index (χ2n) is 4.16. The summed E-state index contributed by atoms with van der Waals surface area (Å²) in [7, 11) is 0. The van der Waals surface area contributed by atoms with Gasteiger partial charge in [-0.1, -0.05) is 11.6 Å². The molecule has 0 aliphatic heterocycles. The highest BCUT2D eigenvalue weighted by Gasteiger charge is 2.23. The van der Waals surface area contributed by atoms with E-state index < -0.39 is 17.9 Å². The van der Waals surface area contributed by atoms with Gasteiger partial charge in [-0.3, -0.25) is 9.59 Å². The number of carbonyl (C=O) groups excluding carboxylic acids is 2. The third-order valence-electron chi connectivity index (χ3n) is 2.63. The minimum atomic E-state index is -0.782. The van der Waals surface area contributed by atoms with Crippen molar-refractivity contribution in [2.45, 2.75) is 19.4 Å². The molecule has 0 aromatic heterocycles. The van der Waals surface area contributed by atoms with Crippen LogP contribution in [0.15, 0.2) is 16.6 Å². The van der Waals surface area contributed by atoms with Gasteiger partial charge in [0.25, 0.3) is 0 Å². The van der Waals surface area contributed by atoms with Crippen LogP contribution in [0.4, 0.5) is 0 Å². The zero-order valence-corrected chi connectivity index (χ0v) is 14.9. The molecule has 0 radical (unpaired) electrons. The van der Waals surface area contributed by atoms with Crippen molar-refractivity contribution in [3.63, 3.8) is 0 Å². The first kappa shape index (κ1) is 21.0. The van der Waals surface area contributed by atoms with Crippen LogP contribution in [0, 0.1) is 0 Å². The summed E-state index contributed by atoms with van der Waals surface area (Å²) < 4.78 is 5.22. The van der Waals surface area contributed by atoms with Crippen molar-refractivity contribution in [2.24, 2.45) is 5.73 Å². The summed E-state index contributed by atoms with van der Waals surface area (Å²) in [5, 5.41) is 13.0. The summed E-state index contributed by atoms with van der Waals surface area (Å²) in [6, 6.07) is 2.20. The van der Waals surface area contributed by atoms with Crippen molar-refractivity contribution in [1.29, 1.82) is 0 Å². The van der Waals surface area contributed by atoms with E-state index in [0.29, 0.717) is 15.1 Å². The van der Waals surface area contributed by atoms with Crippen LogP contribution >= 0.6 is 39.9 Å². The second kappa shape index (κ2) is 9.89. The van der Waals surface area contributed by atoms with Gasteiger partial charge in [-0.05, 0) is 35.0 Å². The Bertz CT molecular complexity index is 543. The van der Waals surface area contributed by atoms with E-state index in [1.165, 1.54) is 12.1 Å². The van der Waals surface area contributed by atoms with Crippen molar-refractivity contribution in [3.05, 3.63) is 27.2 Å². The van der Waals surface area contributed by atoms with E-state index in [1.807, 2.05) is 0 Å². The summed E-state index contributed by atoms with van der Waals surface area (Å²) in [5.74, 6) is -1.07. The van der Waals surface area contributed by atoms with Crippen LogP contribution in [0.3, 0.4) is 0 Å². The second-order valence-corrected chi connectivity index (χ2v) is 5.45. The first-order valence-electron chi connectivity index (χ1n) is 6.22. The molecule has 4 N–H and O–H groups in total. The van der Waals surface area contributed by atoms with E-state index in [2.05, 4.69) is 21.2 Å². The molecule has 6 nitrogen and oxygen atoms in total. The molecular formula is C13H17BrCl2N2O4. The minimum Gasteiger partial charge on any atom is -0.506 e. The molecule has 0 fully saturated rings. The lowest BCUT2D eigenvalue weighted by molar-refractivity contribution is -0.143. The molecule has 1 aromatic carbocycles. The summed E-state index contributed by atoms with van der Waals surface area (Å²) in [5.41, 5.74) is 5.57. The number of phenolic OH excluding ortho intramolecular Hbond substituents is 1. The Morgan fingerprint density at radius 3 is 2.68 bits per heavy atom. The highest BCUT2D eigenvalue weighted by atomic mass is 79.9. The van der Waals surface area contributed by atoms with Gasteiger partial charge in [0.2, 0.25) is 5.91 Å². The Morgan fingerprint density at radius 2 is 2.14 bits per heavy atom. The average molecular weight is 416 g/mol.